The van der Waals surface area contributed by atoms with Crippen molar-refractivity contribution in [2.75, 3.05) is 26.8 Å². The number of aliphatic hydroxyl groups excluding tert-OH is 1. The molecule has 4 heterocycles. The summed E-state index contributed by atoms with van der Waals surface area (Å²) >= 11 is 0. The molecule has 1 aromatic carbocycles. The predicted octanol–water partition coefficient (Wildman–Crippen LogP) is 3.28. The van der Waals surface area contributed by atoms with Gasteiger partial charge < -0.3 is 14.8 Å². The van der Waals surface area contributed by atoms with Crippen LogP contribution in [0, 0.1) is 11.8 Å². The van der Waals surface area contributed by atoms with Crippen LogP contribution in [0.3, 0.4) is 0 Å². The van der Waals surface area contributed by atoms with Crippen LogP contribution in [0.5, 0.6) is 5.75 Å². The monoisotopic (exact) mass is 326 g/mol. The minimum atomic E-state index is 0.169. The van der Waals surface area contributed by atoms with Crippen molar-refractivity contribution in [1.82, 2.24) is 9.88 Å². The molecule has 2 N–H and O–H groups in total. The first-order valence-electron chi connectivity index (χ1n) is 8.91. The van der Waals surface area contributed by atoms with E-state index in [-0.39, 0.29) is 6.61 Å². The first kappa shape index (κ1) is 15.7. The number of nitrogens with one attached hydrogen (secondary N) is 1. The molecule has 3 saturated heterocycles. The van der Waals surface area contributed by atoms with Crippen molar-refractivity contribution in [2.45, 2.75) is 25.3 Å². The van der Waals surface area contributed by atoms with Gasteiger partial charge >= 0.3 is 0 Å². The Hall–Kier alpha value is -1.78. The summed E-state index contributed by atoms with van der Waals surface area (Å²) in [5.41, 5.74) is 3.68. The average Bonchev–Trinajstić information content (AvgIpc) is 3.00. The number of ether oxygens (including phenoxy) is 1. The summed E-state index contributed by atoms with van der Waals surface area (Å²) in [6, 6.07) is 6.59. The molecule has 1 aromatic heterocycles. The average molecular weight is 326 g/mol. The summed E-state index contributed by atoms with van der Waals surface area (Å²) in [5, 5.41) is 10.8. The molecule has 3 fully saturated rings. The Morgan fingerprint density at radius 3 is 3.00 bits per heavy atom. The van der Waals surface area contributed by atoms with E-state index in [9.17, 15) is 5.11 Å². The molecule has 1 unspecified atom stereocenters. The molecular formula is C20H26N2O2. The SMILES string of the molecule is C=C[C@H]1CN2CC[C@H]1C[C@H]2c1[nH]c2ccc(OC)cc2c1CCO. The van der Waals surface area contributed by atoms with Gasteiger partial charge in [0.25, 0.3) is 0 Å². The standard InChI is InChI=1S/C20H26N2O2/c1-3-13-12-22-8-6-14(13)10-19(22)20-16(7-9-23)17-11-15(24-2)4-5-18(17)21-20/h3-5,11,13-14,19,21,23H,1,6-10,12H2,2H3/t13-,14-,19-/m0/s1. The van der Waals surface area contributed by atoms with E-state index in [2.05, 4.69) is 34.7 Å². The maximum Gasteiger partial charge on any atom is 0.119 e. The van der Waals surface area contributed by atoms with Gasteiger partial charge in [-0.05, 0) is 61.4 Å². The molecule has 128 valence electrons. The summed E-state index contributed by atoms with van der Waals surface area (Å²) < 4.78 is 5.39. The number of rotatable bonds is 5. The number of methoxy groups -OCH3 is 1. The van der Waals surface area contributed by atoms with Crippen LogP contribution in [0.2, 0.25) is 0 Å². The first-order valence-corrected chi connectivity index (χ1v) is 8.91. The number of piperidine rings is 3. The van der Waals surface area contributed by atoms with Crippen molar-refractivity contribution in [3.8, 4) is 5.75 Å². The highest BCUT2D eigenvalue weighted by molar-refractivity contribution is 5.86. The fourth-order valence-corrected chi connectivity index (χ4v) is 4.68. The zero-order valence-corrected chi connectivity index (χ0v) is 14.3. The van der Waals surface area contributed by atoms with E-state index in [1.165, 1.54) is 29.5 Å². The van der Waals surface area contributed by atoms with Gasteiger partial charge in [-0.25, -0.2) is 0 Å². The van der Waals surface area contributed by atoms with Crippen LogP contribution in [-0.4, -0.2) is 41.8 Å². The zero-order chi connectivity index (χ0) is 16.7. The van der Waals surface area contributed by atoms with Gasteiger partial charge in [0, 0.05) is 29.7 Å². The maximum absolute atomic E-state index is 9.59. The van der Waals surface area contributed by atoms with E-state index in [0.29, 0.717) is 18.4 Å². The Morgan fingerprint density at radius 2 is 2.33 bits per heavy atom. The predicted molar refractivity (Wildman–Crippen MR) is 96.4 cm³/mol. The van der Waals surface area contributed by atoms with Crippen molar-refractivity contribution in [3.05, 3.63) is 42.1 Å². The number of H-pyrrole nitrogens is 1. The summed E-state index contributed by atoms with van der Waals surface area (Å²) in [7, 11) is 1.70. The van der Waals surface area contributed by atoms with Crippen LogP contribution < -0.4 is 4.74 Å². The molecule has 2 bridgehead atoms. The van der Waals surface area contributed by atoms with Gasteiger partial charge in [0.05, 0.1) is 13.2 Å². The van der Waals surface area contributed by atoms with Crippen LogP contribution in [0.1, 0.15) is 30.1 Å². The third-order valence-corrected chi connectivity index (χ3v) is 5.95. The molecular weight excluding hydrogens is 300 g/mol. The number of aromatic amines is 1. The molecule has 4 nitrogen and oxygen atoms in total. The van der Waals surface area contributed by atoms with Crippen molar-refractivity contribution >= 4 is 10.9 Å². The Morgan fingerprint density at radius 1 is 1.46 bits per heavy atom. The van der Waals surface area contributed by atoms with Gasteiger partial charge in [0.15, 0.2) is 0 Å². The fourth-order valence-electron chi connectivity index (χ4n) is 4.68. The first-order chi connectivity index (χ1) is 11.7. The third kappa shape index (κ3) is 2.45. The number of fused-ring (bicyclic) bond motifs is 4. The molecule has 0 aliphatic carbocycles. The van der Waals surface area contributed by atoms with E-state index in [1.807, 2.05) is 6.07 Å². The molecule has 4 heteroatoms. The molecule has 3 aliphatic rings. The Bertz CT molecular complexity index is 751. The summed E-state index contributed by atoms with van der Waals surface area (Å²) in [5.74, 6) is 2.23. The zero-order valence-electron chi connectivity index (χ0n) is 14.3. The van der Waals surface area contributed by atoms with E-state index >= 15 is 0 Å². The van der Waals surface area contributed by atoms with Crippen LogP contribution in [0.4, 0.5) is 0 Å². The van der Waals surface area contributed by atoms with Crippen LogP contribution in [0.15, 0.2) is 30.9 Å². The lowest BCUT2D eigenvalue weighted by atomic mass is 9.74. The summed E-state index contributed by atoms with van der Waals surface area (Å²) in [6.07, 6.45) is 5.27. The molecule has 5 rings (SSSR count). The Labute approximate surface area is 143 Å². The molecule has 24 heavy (non-hydrogen) atoms. The fraction of sp³-hybridized carbons (Fsp3) is 0.500. The van der Waals surface area contributed by atoms with E-state index in [1.54, 1.807) is 7.11 Å². The van der Waals surface area contributed by atoms with Gasteiger partial charge in [0.1, 0.15) is 5.75 Å². The summed E-state index contributed by atoms with van der Waals surface area (Å²) in [4.78, 5) is 6.25. The van der Waals surface area contributed by atoms with Gasteiger partial charge in [0.2, 0.25) is 0 Å². The van der Waals surface area contributed by atoms with Gasteiger partial charge in [-0.1, -0.05) is 6.08 Å². The van der Waals surface area contributed by atoms with E-state index < -0.39 is 0 Å². The van der Waals surface area contributed by atoms with Gasteiger partial charge in [-0.3, -0.25) is 4.90 Å². The van der Waals surface area contributed by atoms with Crippen LogP contribution in [-0.2, 0) is 6.42 Å². The Balaban J connectivity index is 1.76. The lowest BCUT2D eigenvalue weighted by Gasteiger charge is -2.49. The molecule has 0 amide bonds. The van der Waals surface area contributed by atoms with Gasteiger partial charge in [-0.15, -0.1) is 6.58 Å². The number of aliphatic hydroxyl groups is 1. The molecule has 0 saturated carbocycles. The number of hydrogen-bond donors (Lipinski definition) is 2. The topological polar surface area (TPSA) is 48.5 Å². The smallest absolute Gasteiger partial charge is 0.119 e. The lowest BCUT2D eigenvalue weighted by molar-refractivity contribution is 0.0163. The Kier molecular flexibility index (Phi) is 4.10. The van der Waals surface area contributed by atoms with E-state index in [4.69, 9.17) is 4.74 Å². The van der Waals surface area contributed by atoms with E-state index in [0.717, 1.165) is 30.3 Å². The molecule has 0 spiro atoms. The minimum absolute atomic E-state index is 0.169. The summed E-state index contributed by atoms with van der Waals surface area (Å²) in [6.45, 7) is 6.46. The number of nitrogens with zero attached hydrogens (tertiary/aromatic N) is 1. The maximum atomic E-state index is 9.59. The van der Waals surface area contributed by atoms with Crippen molar-refractivity contribution in [1.29, 1.82) is 0 Å². The van der Waals surface area contributed by atoms with Crippen molar-refractivity contribution < 1.29 is 9.84 Å². The van der Waals surface area contributed by atoms with Crippen molar-refractivity contribution in [3.63, 3.8) is 0 Å². The highest BCUT2D eigenvalue weighted by atomic mass is 16.5. The van der Waals surface area contributed by atoms with Gasteiger partial charge in [-0.2, -0.15) is 0 Å². The molecule has 4 atom stereocenters. The van der Waals surface area contributed by atoms with Crippen LogP contribution >= 0.6 is 0 Å². The highest BCUT2D eigenvalue weighted by Crippen LogP contribution is 2.45. The minimum Gasteiger partial charge on any atom is -0.497 e. The molecule has 3 aliphatic heterocycles. The largest absolute Gasteiger partial charge is 0.497 e. The molecule has 0 radical (unpaired) electrons. The lowest BCUT2D eigenvalue weighted by Crippen LogP contribution is -2.48. The second-order valence-electron chi connectivity index (χ2n) is 7.10. The second kappa shape index (κ2) is 6.26. The normalized spacial score (nSPS) is 29.1. The quantitative estimate of drug-likeness (QED) is 0.829. The number of hydrogen-bond acceptors (Lipinski definition) is 3. The van der Waals surface area contributed by atoms with Crippen molar-refractivity contribution in [2.24, 2.45) is 11.8 Å². The second-order valence-corrected chi connectivity index (χ2v) is 7.10. The number of aromatic nitrogens is 1. The number of benzene rings is 1. The third-order valence-electron chi connectivity index (χ3n) is 5.95. The molecule has 2 aromatic rings. The highest BCUT2D eigenvalue weighted by Gasteiger charge is 2.40. The van der Waals surface area contributed by atoms with Crippen LogP contribution in [0.25, 0.3) is 10.9 Å².